The molecule has 0 aliphatic carbocycles. The fraction of sp³-hybridized carbons (Fsp3) is 0.214. The Morgan fingerprint density at radius 2 is 2.10 bits per heavy atom. The predicted molar refractivity (Wildman–Crippen MR) is 87.3 cm³/mol. The zero-order chi connectivity index (χ0) is 15.4. The minimum absolute atomic E-state index is 0.111. The minimum Gasteiger partial charge on any atom is -0.465 e. The molecule has 0 fully saturated rings. The van der Waals surface area contributed by atoms with E-state index in [1.165, 1.54) is 7.11 Å². The van der Waals surface area contributed by atoms with Crippen LogP contribution < -0.4 is 5.32 Å². The molecule has 5 nitrogen and oxygen atoms in total. The number of hydrogen-bond donors (Lipinski definition) is 1. The molecule has 1 unspecified atom stereocenters. The summed E-state index contributed by atoms with van der Waals surface area (Å²) in [6.45, 7) is 1.94. The second-order valence-corrected chi connectivity index (χ2v) is 6.07. The lowest BCUT2D eigenvalue weighted by atomic mass is 10.1. The van der Waals surface area contributed by atoms with E-state index in [1.54, 1.807) is 24.7 Å². The molecule has 2 aromatic rings. The molecule has 21 heavy (non-hydrogen) atoms. The average Bonchev–Trinajstić information content (AvgIpc) is 2.49. The van der Waals surface area contributed by atoms with Crippen LogP contribution in [0.3, 0.4) is 0 Å². The molecule has 0 saturated heterocycles. The Hall–Kier alpha value is -1.47. The monoisotopic (exact) mass is 413 g/mol. The van der Waals surface area contributed by atoms with Gasteiger partial charge in [0.15, 0.2) is 0 Å². The number of carbonyl (C=O) groups excluding carboxylic acids is 1. The normalized spacial score (nSPS) is 11.8. The van der Waals surface area contributed by atoms with Crippen LogP contribution in [-0.4, -0.2) is 23.0 Å². The van der Waals surface area contributed by atoms with Crippen molar-refractivity contribution >= 4 is 43.5 Å². The molecular weight excluding hydrogens is 402 g/mol. The van der Waals surface area contributed by atoms with Crippen LogP contribution in [0.5, 0.6) is 0 Å². The first-order valence-corrected chi connectivity index (χ1v) is 7.71. The minimum atomic E-state index is -0.411. The number of anilines is 1. The predicted octanol–water partition coefficient (Wildman–Crippen LogP) is 3.96. The molecule has 110 valence electrons. The Balaban J connectivity index is 2.37. The summed E-state index contributed by atoms with van der Waals surface area (Å²) in [4.78, 5) is 20.2. The summed E-state index contributed by atoms with van der Waals surface area (Å²) < 4.78 is 6.37. The molecule has 0 radical (unpaired) electrons. The second-order valence-electron chi connectivity index (χ2n) is 4.30. The van der Waals surface area contributed by atoms with Gasteiger partial charge in [0.2, 0.25) is 0 Å². The van der Waals surface area contributed by atoms with Crippen molar-refractivity contribution in [1.82, 2.24) is 9.97 Å². The van der Waals surface area contributed by atoms with Crippen LogP contribution in [0.25, 0.3) is 0 Å². The van der Waals surface area contributed by atoms with Gasteiger partial charge in [-0.15, -0.1) is 0 Å². The molecule has 0 aliphatic rings. The van der Waals surface area contributed by atoms with Crippen molar-refractivity contribution in [3.8, 4) is 0 Å². The standard InChI is InChI=1S/C14H13Br2N3O2/c1-8(12-7-17-3-4-18-12)19-13-10(14(20)21-2)5-9(15)6-11(13)16/h3-8,19H,1-2H3. The van der Waals surface area contributed by atoms with Crippen LogP contribution in [0.15, 0.2) is 39.7 Å². The Bertz CT molecular complexity index is 650. The number of nitrogens with zero attached hydrogens (tertiary/aromatic N) is 2. The largest absolute Gasteiger partial charge is 0.465 e. The number of esters is 1. The van der Waals surface area contributed by atoms with E-state index in [9.17, 15) is 4.79 Å². The van der Waals surface area contributed by atoms with Gasteiger partial charge in [0.1, 0.15) is 0 Å². The van der Waals surface area contributed by atoms with Gasteiger partial charge >= 0.3 is 5.97 Å². The SMILES string of the molecule is COC(=O)c1cc(Br)cc(Br)c1NC(C)c1cnccn1. The van der Waals surface area contributed by atoms with Gasteiger partial charge in [0.25, 0.3) is 0 Å². The molecule has 0 aliphatic heterocycles. The van der Waals surface area contributed by atoms with Gasteiger partial charge < -0.3 is 10.1 Å². The summed E-state index contributed by atoms with van der Waals surface area (Å²) in [7, 11) is 1.35. The second kappa shape index (κ2) is 7.00. The van der Waals surface area contributed by atoms with Crippen molar-refractivity contribution in [2.75, 3.05) is 12.4 Å². The van der Waals surface area contributed by atoms with E-state index in [0.29, 0.717) is 11.3 Å². The van der Waals surface area contributed by atoms with Crippen LogP contribution in [0.4, 0.5) is 5.69 Å². The molecule has 1 atom stereocenters. The van der Waals surface area contributed by atoms with Gasteiger partial charge in [-0.1, -0.05) is 15.9 Å². The number of rotatable bonds is 4. The fourth-order valence-electron chi connectivity index (χ4n) is 1.82. The number of nitrogens with one attached hydrogen (secondary N) is 1. The summed E-state index contributed by atoms with van der Waals surface area (Å²) in [5.74, 6) is -0.411. The van der Waals surface area contributed by atoms with Crippen molar-refractivity contribution in [2.24, 2.45) is 0 Å². The van der Waals surface area contributed by atoms with E-state index in [1.807, 2.05) is 13.0 Å². The number of carbonyl (C=O) groups is 1. The molecule has 1 N–H and O–H groups in total. The van der Waals surface area contributed by atoms with Gasteiger partial charge in [-0.3, -0.25) is 9.97 Å². The summed E-state index contributed by atoms with van der Waals surface area (Å²) >= 11 is 6.83. The highest BCUT2D eigenvalue weighted by atomic mass is 79.9. The van der Waals surface area contributed by atoms with Gasteiger partial charge in [-0.2, -0.15) is 0 Å². The van der Waals surface area contributed by atoms with E-state index in [-0.39, 0.29) is 6.04 Å². The Morgan fingerprint density at radius 1 is 1.33 bits per heavy atom. The third-order valence-electron chi connectivity index (χ3n) is 2.85. The van der Waals surface area contributed by atoms with Crippen molar-refractivity contribution in [3.05, 3.63) is 50.9 Å². The van der Waals surface area contributed by atoms with Crippen molar-refractivity contribution < 1.29 is 9.53 Å². The maximum absolute atomic E-state index is 11.9. The molecule has 0 saturated carbocycles. The van der Waals surface area contributed by atoms with Crippen LogP contribution in [-0.2, 0) is 4.74 Å². The lowest BCUT2D eigenvalue weighted by Gasteiger charge is -2.18. The number of ether oxygens (including phenoxy) is 1. The zero-order valence-corrected chi connectivity index (χ0v) is 14.6. The van der Waals surface area contributed by atoms with Gasteiger partial charge in [0.05, 0.1) is 36.3 Å². The van der Waals surface area contributed by atoms with E-state index in [2.05, 4.69) is 47.1 Å². The van der Waals surface area contributed by atoms with E-state index in [0.717, 1.165) is 14.6 Å². The van der Waals surface area contributed by atoms with E-state index >= 15 is 0 Å². The zero-order valence-electron chi connectivity index (χ0n) is 11.4. The van der Waals surface area contributed by atoms with Gasteiger partial charge in [-0.25, -0.2) is 4.79 Å². The molecule has 0 bridgehead atoms. The van der Waals surface area contributed by atoms with Gasteiger partial charge in [0, 0.05) is 21.3 Å². The molecule has 1 heterocycles. The highest BCUT2D eigenvalue weighted by Crippen LogP contribution is 2.33. The first-order chi connectivity index (χ1) is 10.0. The van der Waals surface area contributed by atoms with Crippen LogP contribution in [0.1, 0.15) is 29.0 Å². The highest BCUT2D eigenvalue weighted by Gasteiger charge is 2.18. The smallest absolute Gasteiger partial charge is 0.340 e. The molecule has 1 aromatic carbocycles. The third-order valence-corrected chi connectivity index (χ3v) is 3.93. The lowest BCUT2D eigenvalue weighted by Crippen LogP contribution is -2.13. The highest BCUT2D eigenvalue weighted by molar-refractivity contribution is 9.11. The topological polar surface area (TPSA) is 64.1 Å². The summed E-state index contributed by atoms with van der Waals surface area (Å²) in [6, 6.07) is 3.46. The summed E-state index contributed by atoms with van der Waals surface area (Å²) in [5.41, 5.74) is 1.88. The Kier molecular flexibility index (Phi) is 5.30. The molecule has 0 spiro atoms. The first-order valence-electron chi connectivity index (χ1n) is 6.12. The summed E-state index contributed by atoms with van der Waals surface area (Å²) in [6.07, 6.45) is 4.93. The Labute approximate surface area is 139 Å². The molecule has 7 heteroatoms. The first kappa shape index (κ1) is 15.9. The van der Waals surface area contributed by atoms with Crippen LogP contribution in [0.2, 0.25) is 0 Å². The number of hydrogen-bond acceptors (Lipinski definition) is 5. The number of methoxy groups -OCH3 is 1. The molecule has 2 rings (SSSR count). The van der Waals surface area contributed by atoms with Gasteiger partial charge in [-0.05, 0) is 35.0 Å². The fourth-order valence-corrected chi connectivity index (χ4v) is 3.16. The maximum atomic E-state index is 11.9. The van der Waals surface area contributed by atoms with E-state index in [4.69, 9.17) is 4.74 Å². The Morgan fingerprint density at radius 3 is 2.71 bits per heavy atom. The molecule has 0 amide bonds. The average molecular weight is 415 g/mol. The molecule has 1 aromatic heterocycles. The third kappa shape index (κ3) is 3.79. The quantitative estimate of drug-likeness (QED) is 0.767. The van der Waals surface area contributed by atoms with Crippen molar-refractivity contribution in [3.63, 3.8) is 0 Å². The van der Waals surface area contributed by atoms with Crippen LogP contribution >= 0.6 is 31.9 Å². The van der Waals surface area contributed by atoms with Crippen molar-refractivity contribution in [2.45, 2.75) is 13.0 Å². The number of benzene rings is 1. The van der Waals surface area contributed by atoms with Crippen LogP contribution in [0, 0.1) is 0 Å². The van der Waals surface area contributed by atoms with Crippen molar-refractivity contribution in [1.29, 1.82) is 0 Å². The van der Waals surface area contributed by atoms with E-state index < -0.39 is 5.97 Å². The molecular formula is C14H13Br2N3O2. The number of halogens is 2. The summed E-state index contributed by atoms with van der Waals surface area (Å²) in [5, 5.41) is 3.27. The maximum Gasteiger partial charge on any atom is 0.340 e. The number of aromatic nitrogens is 2. The lowest BCUT2D eigenvalue weighted by molar-refractivity contribution is 0.0601.